The summed E-state index contributed by atoms with van der Waals surface area (Å²) < 4.78 is 13.8. The molecule has 124 valence electrons. The summed E-state index contributed by atoms with van der Waals surface area (Å²) in [6.45, 7) is 0.802. The molecule has 2 heterocycles. The van der Waals surface area contributed by atoms with Crippen molar-refractivity contribution in [3.05, 3.63) is 34.6 Å². The van der Waals surface area contributed by atoms with Crippen molar-refractivity contribution in [3.8, 4) is 0 Å². The van der Waals surface area contributed by atoms with Crippen LogP contribution in [0, 0.1) is 5.82 Å². The fourth-order valence-electron chi connectivity index (χ4n) is 3.38. The Morgan fingerprint density at radius 1 is 1.43 bits per heavy atom. The normalized spacial score (nSPS) is 28.0. The van der Waals surface area contributed by atoms with Gasteiger partial charge < -0.3 is 10.6 Å². The van der Waals surface area contributed by atoms with E-state index in [2.05, 4.69) is 15.5 Å². The molecule has 1 aromatic rings. The molecule has 0 saturated carbocycles. The van der Waals surface area contributed by atoms with Gasteiger partial charge in [-0.25, -0.2) is 4.39 Å². The number of carbonyl (C=O) groups is 2. The van der Waals surface area contributed by atoms with E-state index in [0.717, 1.165) is 18.5 Å². The molecule has 0 bridgehead atoms. The topological polar surface area (TPSA) is 61.4 Å². The van der Waals surface area contributed by atoms with E-state index >= 15 is 0 Å². The van der Waals surface area contributed by atoms with Crippen LogP contribution in [0.25, 0.3) is 0 Å². The Morgan fingerprint density at radius 2 is 2.22 bits per heavy atom. The lowest BCUT2D eigenvalue weighted by Gasteiger charge is -2.27. The van der Waals surface area contributed by atoms with Crippen molar-refractivity contribution >= 4 is 23.4 Å². The Balaban J connectivity index is 1.74. The summed E-state index contributed by atoms with van der Waals surface area (Å²) in [5.74, 6) is -0.724. The predicted molar refractivity (Wildman–Crippen MR) is 84.5 cm³/mol. The molecule has 2 N–H and O–H groups in total. The van der Waals surface area contributed by atoms with E-state index in [1.807, 2.05) is 7.05 Å². The van der Waals surface area contributed by atoms with Crippen molar-refractivity contribution in [2.24, 2.45) is 0 Å². The molecular formula is C16H19ClFN3O2. The van der Waals surface area contributed by atoms with Crippen molar-refractivity contribution in [1.82, 2.24) is 15.5 Å². The molecule has 5 nitrogen and oxygen atoms in total. The fraction of sp³-hybridized carbons (Fsp3) is 0.500. The first-order valence-corrected chi connectivity index (χ1v) is 8.08. The molecule has 2 amide bonds. The van der Waals surface area contributed by atoms with Gasteiger partial charge in [-0.3, -0.25) is 14.5 Å². The van der Waals surface area contributed by atoms with Crippen LogP contribution in [0.1, 0.15) is 30.9 Å². The number of amides is 2. The minimum atomic E-state index is -0.462. The molecule has 2 fully saturated rings. The lowest BCUT2D eigenvalue weighted by molar-refractivity contribution is -0.126. The molecule has 0 aliphatic carbocycles. The Labute approximate surface area is 139 Å². The molecule has 2 aliphatic rings. The Hall–Kier alpha value is -1.66. The highest BCUT2D eigenvalue weighted by Gasteiger charge is 2.36. The van der Waals surface area contributed by atoms with E-state index in [9.17, 15) is 14.0 Å². The van der Waals surface area contributed by atoms with Crippen LogP contribution in [0.5, 0.6) is 0 Å². The molecule has 7 heteroatoms. The molecule has 0 aromatic heterocycles. The maximum atomic E-state index is 13.8. The summed E-state index contributed by atoms with van der Waals surface area (Å²) in [4.78, 5) is 25.6. The molecule has 2 saturated heterocycles. The van der Waals surface area contributed by atoms with Crippen molar-refractivity contribution < 1.29 is 14.0 Å². The average Bonchev–Trinajstić information content (AvgIpc) is 3.09. The first kappa shape index (κ1) is 16.2. The van der Waals surface area contributed by atoms with Crippen molar-refractivity contribution in [2.75, 3.05) is 13.6 Å². The van der Waals surface area contributed by atoms with E-state index in [0.29, 0.717) is 12.8 Å². The largest absolute Gasteiger partial charge is 0.350 e. The van der Waals surface area contributed by atoms with E-state index in [4.69, 9.17) is 11.6 Å². The van der Waals surface area contributed by atoms with Crippen molar-refractivity contribution in [1.29, 1.82) is 0 Å². The molecule has 2 unspecified atom stereocenters. The molecule has 0 spiro atoms. The van der Waals surface area contributed by atoms with Gasteiger partial charge in [-0.05, 0) is 37.6 Å². The second-order valence-corrected chi connectivity index (χ2v) is 6.57. The number of benzene rings is 1. The quantitative estimate of drug-likeness (QED) is 0.879. The maximum Gasteiger partial charge on any atom is 0.242 e. The number of hydrogen-bond donors (Lipinski definition) is 2. The summed E-state index contributed by atoms with van der Waals surface area (Å²) in [6.07, 6.45) is 1.68. The van der Waals surface area contributed by atoms with Gasteiger partial charge in [0.1, 0.15) is 11.9 Å². The number of carbonyl (C=O) groups excluding carboxylic acids is 2. The summed E-state index contributed by atoms with van der Waals surface area (Å²) in [7, 11) is 1.95. The molecule has 2 aliphatic heterocycles. The van der Waals surface area contributed by atoms with Gasteiger partial charge in [-0.1, -0.05) is 17.7 Å². The minimum Gasteiger partial charge on any atom is -0.350 e. The van der Waals surface area contributed by atoms with Crippen LogP contribution < -0.4 is 10.6 Å². The Morgan fingerprint density at radius 3 is 2.87 bits per heavy atom. The van der Waals surface area contributed by atoms with Crippen molar-refractivity contribution in [3.63, 3.8) is 0 Å². The summed E-state index contributed by atoms with van der Waals surface area (Å²) >= 11 is 5.75. The maximum absolute atomic E-state index is 13.8. The first-order valence-electron chi connectivity index (χ1n) is 7.70. The van der Waals surface area contributed by atoms with Gasteiger partial charge in [0.15, 0.2) is 0 Å². The van der Waals surface area contributed by atoms with E-state index < -0.39 is 11.9 Å². The number of likely N-dealkylation sites (tertiary alicyclic amines) is 1. The SMILES string of the molecule is CN1CCC(NC(=O)[C@H]2CCC(=O)N2)C1c1ccc(Cl)c(F)c1. The van der Waals surface area contributed by atoms with Gasteiger partial charge in [-0.2, -0.15) is 0 Å². The number of rotatable bonds is 3. The molecule has 1 aromatic carbocycles. The number of halogens is 2. The monoisotopic (exact) mass is 339 g/mol. The van der Waals surface area contributed by atoms with E-state index in [-0.39, 0.29) is 28.9 Å². The first-order chi connectivity index (χ1) is 11.0. The third kappa shape index (κ3) is 3.33. The van der Waals surface area contributed by atoms with Crippen LogP contribution in [0.3, 0.4) is 0 Å². The number of nitrogens with zero attached hydrogens (tertiary/aromatic N) is 1. The molecule has 0 radical (unpaired) electrons. The lowest BCUT2D eigenvalue weighted by Crippen LogP contribution is -2.47. The lowest BCUT2D eigenvalue weighted by atomic mass is 9.99. The summed E-state index contributed by atoms with van der Waals surface area (Å²) in [5.41, 5.74) is 0.785. The van der Waals surface area contributed by atoms with Gasteiger partial charge >= 0.3 is 0 Å². The average molecular weight is 340 g/mol. The van der Waals surface area contributed by atoms with Crippen LogP contribution in [-0.4, -0.2) is 42.4 Å². The van der Waals surface area contributed by atoms with Crippen LogP contribution >= 0.6 is 11.6 Å². The van der Waals surface area contributed by atoms with Gasteiger partial charge in [0.25, 0.3) is 0 Å². The zero-order valence-electron chi connectivity index (χ0n) is 12.8. The number of likely N-dealkylation sites (N-methyl/N-ethyl adjacent to an activating group) is 1. The number of nitrogens with one attached hydrogen (secondary N) is 2. The zero-order chi connectivity index (χ0) is 16.6. The van der Waals surface area contributed by atoms with E-state index in [1.54, 1.807) is 6.07 Å². The van der Waals surface area contributed by atoms with Gasteiger partial charge in [-0.15, -0.1) is 0 Å². The second kappa shape index (κ2) is 6.45. The van der Waals surface area contributed by atoms with E-state index in [1.165, 1.54) is 12.1 Å². The van der Waals surface area contributed by atoms with Crippen molar-refractivity contribution in [2.45, 2.75) is 37.4 Å². The highest BCUT2D eigenvalue weighted by molar-refractivity contribution is 6.30. The van der Waals surface area contributed by atoms with Gasteiger partial charge in [0, 0.05) is 19.0 Å². The van der Waals surface area contributed by atoms with Gasteiger partial charge in [0.05, 0.1) is 11.1 Å². The highest BCUT2D eigenvalue weighted by Crippen LogP contribution is 2.32. The smallest absolute Gasteiger partial charge is 0.242 e. The third-order valence-corrected chi connectivity index (χ3v) is 4.88. The van der Waals surface area contributed by atoms with Crippen LogP contribution in [-0.2, 0) is 9.59 Å². The third-order valence-electron chi connectivity index (χ3n) is 4.57. The zero-order valence-corrected chi connectivity index (χ0v) is 13.6. The Bertz CT molecular complexity index is 640. The van der Waals surface area contributed by atoms with Crippen LogP contribution in [0.4, 0.5) is 4.39 Å². The molecule has 23 heavy (non-hydrogen) atoms. The van der Waals surface area contributed by atoms with Gasteiger partial charge in [0.2, 0.25) is 11.8 Å². The molecule has 3 rings (SSSR count). The molecular weight excluding hydrogens is 321 g/mol. The minimum absolute atomic E-state index is 0.0867. The highest BCUT2D eigenvalue weighted by atomic mass is 35.5. The Kier molecular flexibility index (Phi) is 4.55. The second-order valence-electron chi connectivity index (χ2n) is 6.16. The molecule has 3 atom stereocenters. The summed E-state index contributed by atoms with van der Waals surface area (Å²) in [5, 5.41) is 5.76. The summed E-state index contributed by atoms with van der Waals surface area (Å²) in [6, 6.07) is 4.05. The number of hydrogen-bond acceptors (Lipinski definition) is 3. The predicted octanol–water partition coefficient (Wildman–Crippen LogP) is 1.62. The fourth-order valence-corrected chi connectivity index (χ4v) is 3.49. The van der Waals surface area contributed by atoms with Crippen LogP contribution in [0.15, 0.2) is 18.2 Å². The van der Waals surface area contributed by atoms with Crippen LogP contribution in [0.2, 0.25) is 5.02 Å². The standard InChI is InChI=1S/C16H19ClFN3O2/c1-21-7-6-12(20-16(23)13-4-5-14(22)19-13)15(21)9-2-3-10(17)11(18)8-9/h2-3,8,12-13,15H,4-7H2,1H3,(H,19,22)(H,20,23)/t12?,13-,15?/m1/s1.